The fourth-order valence-electron chi connectivity index (χ4n) is 2.31. The largest absolute Gasteiger partial charge is 0.481 e. The van der Waals surface area contributed by atoms with Crippen LogP contribution in [0.3, 0.4) is 0 Å². The molecule has 0 amide bonds. The molecule has 0 bridgehead atoms. The van der Waals surface area contributed by atoms with Gasteiger partial charge in [-0.1, -0.05) is 19.3 Å². The van der Waals surface area contributed by atoms with Crippen LogP contribution in [-0.4, -0.2) is 39.3 Å². The number of rotatable bonds is 8. The summed E-state index contributed by atoms with van der Waals surface area (Å²) in [5, 5.41) is 11.5. The molecule has 0 saturated carbocycles. The van der Waals surface area contributed by atoms with Crippen LogP contribution < -0.4 is 5.32 Å². The summed E-state index contributed by atoms with van der Waals surface area (Å²) >= 11 is 0. The van der Waals surface area contributed by atoms with Crippen LogP contribution in [0.1, 0.15) is 49.0 Å². The van der Waals surface area contributed by atoms with Crippen molar-refractivity contribution in [2.75, 3.05) is 11.9 Å². The number of hydrogen-bond acceptors (Lipinski definition) is 5. The molecule has 2 heterocycles. The van der Waals surface area contributed by atoms with E-state index in [0.717, 1.165) is 38.6 Å². The van der Waals surface area contributed by atoms with Crippen molar-refractivity contribution in [2.45, 2.75) is 45.1 Å². The predicted molar refractivity (Wildman–Crippen MR) is 78.9 cm³/mol. The lowest BCUT2D eigenvalue weighted by Gasteiger charge is -2.07. The quantitative estimate of drug-likeness (QED) is 0.714. The average molecular weight is 292 g/mol. The second kappa shape index (κ2) is 7.56. The molecule has 7 nitrogen and oxygen atoms in total. The van der Waals surface area contributed by atoms with E-state index in [1.54, 1.807) is 6.33 Å². The average Bonchev–Trinajstić information content (AvgIpc) is 2.76. The number of hydrogen-bond donors (Lipinski definition) is 2. The number of aromatic nitrogens is 2. The van der Waals surface area contributed by atoms with Crippen molar-refractivity contribution >= 4 is 23.9 Å². The van der Waals surface area contributed by atoms with Gasteiger partial charge in [0.05, 0.1) is 12.7 Å². The molecule has 0 atom stereocenters. The lowest BCUT2D eigenvalue weighted by molar-refractivity contribution is -0.137. The first-order chi connectivity index (χ1) is 10.2. The Balaban J connectivity index is 1.73. The number of aryl methyl sites for hydroxylation is 1. The fraction of sp³-hybridized carbons (Fsp3) is 0.571. The van der Waals surface area contributed by atoms with Crippen LogP contribution in [0, 0.1) is 0 Å². The standard InChI is InChI=1S/C14H20N4O3/c19-11-8-15-9-16-14-13(11)17-10-18(14)7-5-3-1-2-4-6-12(20)21/h9-10H,1-8H2,(H,15,16)(H,20,21). The van der Waals surface area contributed by atoms with E-state index >= 15 is 0 Å². The number of unbranched alkanes of at least 4 members (excludes halogenated alkanes) is 4. The van der Waals surface area contributed by atoms with E-state index in [1.165, 1.54) is 6.34 Å². The van der Waals surface area contributed by atoms with E-state index in [1.807, 2.05) is 4.57 Å². The van der Waals surface area contributed by atoms with Crippen LogP contribution >= 0.6 is 0 Å². The molecule has 0 saturated heterocycles. The normalized spacial score (nSPS) is 13.6. The zero-order valence-electron chi connectivity index (χ0n) is 11.9. The van der Waals surface area contributed by atoms with Crippen molar-refractivity contribution in [3.8, 4) is 0 Å². The maximum absolute atomic E-state index is 11.7. The fourth-order valence-corrected chi connectivity index (χ4v) is 2.31. The molecule has 114 valence electrons. The highest BCUT2D eigenvalue weighted by Crippen LogP contribution is 2.17. The summed E-state index contributed by atoms with van der Waals surface area (Å²) in [6.07, 6.45) is 8.18. The number of fused-ring (bicyclic) bond motifs is 1. The summed E-state index contributed by atoms with van der Waals surface area (Å²) in [4.78, 5) is 30.2. The summed E-state index contributed by atoms with van der Waals surface area (Å²) < 4.78 is 1.93. The smallest absolute Gasteiger partial charge is 0.303 e. The van der Waals surface area contributed by atoms with Gasteiger partial charge in [-0.05, 0) is 12.8 Å². The summed E-state index contributed by atoms with van der Waals surface area (Å²) in [6, 6.07) is 0. The van der Waals surface area contributed by atoms with E-state index < -0.39 is 5.97 Å². The van der Waals surface area contributed by atoms with Gasteiger partial charge >= 0.3 is 5.97 Å². The molecule has 7 heteroatoms. The molecule has 0 unspecified atom stereocenters. The van der Waals surface area contributed by atoms with E-state index in [9.17, 15) is 9.59 Å². The van der Waals surface area contributed by atoms with E-state index in [4.69, 9.17) is 5.11 Å². The summed E-state index contributed by atoms with van der Waals surface area (Å²) in [7, 11) is 0. The number of aliphatic imine (C=N–C) groups is 1. The maximum Gasteiger partial charge on any atom is 0.303 e. The van der Waals surface area contributed by atoms with Crippen LogP contribution in [0.25, 0.3) is 0 Å². The second-order valence-corrected chi connectivity index (χ2v) is 5.08. The van der Waals surface area contributed by atoms with Gasteiger partial charge in [-0.25, -0.2) is 4.98 Å². The number of ketones is 1. The Labute approximate surface area is 123 Å². The van der Waals surface area contributed by atoms with Crippen molar-refractivity contribution < 1.29 is 14.7 Å². The minimum atomic E-state index is -0.728. The number of carbonyl (C=O) groups is 2. The third-order valence-corrected chi connectivity index (χ3v) is 3.42. The van der Waals surface area contributed by atoms with E-state index in [-0.39, 0.29) is 18.7 Å². The van der Waals surface area contributed by atoms with Crippen molar-refractivity contribution in [1.29, 1.82) is 0 Å². The van der Waals surface area contributed by atoms with E-state index in [2.05, 4.69) is 15.3 Å². The van der Waals surface area contributed by atoms with Crippen LogP contribution in [0.5, 0.6) is 0 Å². The van der Waals surface area contributed by atoms with Crippen LogP contribution in [-0.2, 0) is 11.3 Å². The van der Waals surface area contributed by atoms with Gasteiger partial charge in [-0.3, -0.25) is 14.6 Å². The molecule has 2 N–H and O–H groups in total. The molecular weight excluding hydrogens is 272 g/mol. The lowest BCUT2D eigenvalue weighted by Crippen LogP contribution is -2.07. The van der Waals surface area contributed by atoms with Crippen LogP contribution in [0.15, 0.2) is 11.3 Å². The Morgan fingerprint density at radius 1 is 1.29 bits per heavy atom. The number of carboxylic acid groups (broad SMARTS) is 1. The maximum atomic E-state index is 11.7. The molecule has 1 aliphatic heterocycles. The van der Waals surface area contributed by atoms with Gasteiger partial charge in [0, 0.05) is 13.0 Å². The molecule has 0 radical (unpaired) electrons. The second-order valence-electron chi connectivity index (χ2n) is 5.08. The van der Waals surface area contributed by atoms with E-state index in [0.29, 0.717) is 11.5 Å². The number of nitrogens with zero attached hydrogens (tertiary/aromatic N) is 3. The first kappa shape index (κ1) is 15.2. The van der Waals surface area contributed by atoms with Gasteiger partial charge in [0.1, 0.15) is 12.4 Å². The monoisotopic (exact) mass is 292 g/mol. The third kappa shape index (κ3) is 4.40. The molecule has 2 rings (SSSR count). The molecule has 0 fully saturated rings. The molecule has 0 aliphatic carbocycles. The van der Waals surface area contributed by atoms with Gasteiger partial charge in [-0.15, -0.1) is 0 Å². The highest BCUT2D eigenvalue weighted by molar-refractivity contribution is 6.03. The lowest BCUT2D eigenvalue weighted by atomic mass is 10.1. The number of anilines is 1. The van der Waals surface area contributed by atoms with Crippen molar-refractivity contribution in [1.82, 2.24) is 9.55 Å². The molecule has 0 aromatic carbocycles. The topological polar surface area (TPSA) is 96.6 Å². The van der Waals surface area contributed by atoms with Crippen LogP contribution in [0.2, 0.25) is 0 Å². The first-order valence-electron chi connectivity index (χ1n) is 7.23. The van der Waals surface area contributed by atoms with Crippen LogP contribution in [0.4, 0.5) is 5.82 Å². The molecule has 0 spiro atoms. The summed E-state index contributed by atoms with van der Waals surface area (Å²) in [5.74, 6) is -0.0840. The van der Waals surface area contributed by atoms with Gasteiger partial charge in [-0.2, -0.15) is 0 Å². The Kier molecular flexibility index (Phi) is 5.48. The minimum Gasteiger partial charge on any atom is -0.481 e. The molecular formula is C14H20N4O3. The van der Waals surface area contributed by atoms with Gasteiger partial charge in [0.2, 0.25) is 5.78 Å². The number of Topliss-reactive ketones (excluding diaryl/α,β-unsaturated/α-hetero) is 1. The minimum absolute atomic E-state index is 0.0707. The number of imidazole rings is 1. The predicted octanol–water partition coefficient (Wildman–Crippen LogP) is 1.94. The van der Waals surface area contributed by atoms with Gasteiger partial charge in [0.15, 0.2) is 5.69 Å². The Hall–Kier alpha value is -2.18. The number of carboxylic acids is 1. The van der Waals surface area contributed by atoms with Gasteiger partial charge in [0.25, 0.3) is 0 Å². The number of carbonyl (C=O) groups excluding carboxylic acids is 1. The molecule has 21 heavy (non-hydrogen) atoms. The highest BCUT2D eigenvalue weighted by Gasteiger charge is 2.18. The molecule has 1 aliphatic rings. The zero-order chi connectivity index (χ0) is 15.1. The van der Waals surface area contributed by atoms with Crippen molar-refractivity contribution in [3.63, 3.8) is 0 Å². The highest BCUT2D eigenvalue weighted by atomic mass is 16.4. The number of aliphatic carboxylic acids is 1. The number of nitrogens with one attached hydrogen (secondary N) is 1. The Morgan fingerprint density at radius 3 is 2.86 bits per heavy atom. The van der Waals surface area contributed by atoms with Gasteiger partial charge < -0.3 is 15.0 Å². The van der Waals surface area contributed by atoms with Crippen molar-refractivity contribution in [3.05, 3.63) is 12.0 Å². The molecule has 1 aromatic rings. The first-order valence-corrected chi connectivity index (χ1v) is 7.23. The van der Waals surface area contributed by atoms with Crippen molar-refractivity contribution in [2.24, 2.45) is 4.99 Å². The zero-order valence-corrected chi connectivity index (χ0v) is 11.9. The Morgan fingerprint density at radius 2 is 2.05 bits per heavy atom. The SMILES string of the molecule is O=C(O)CCCCCCCn1cnc2c1NC=NCC2=O. The Bertz CT molecular complexity index is 536. The third-order valence-electron chi connectivity index (χ3n) is 3.42. The molecule has 1 aromatic heterocycles. The summed E-state index contributed by atoms with van der Waals surface area (Å²) in [5.41, 5.74) is 0.453. The summed E-state index contributed by atoms with van der Waals surface area (Å²) in [6.45, 7) is 0.927.